The lowest BCUT2D eigenvalue weighted by atomic mass is 10.2. The Labute approximate surface area is 143 Å². The van der Waals surface area contributed by atoms with E-state index in [1.54, 1.807) is 18.2 Å². The van der Waals surface area contributed by atoms with Gasteiger partial charge in [-0.25, -0.2) is 0 Å². The van der Waals surface area contributed by atoms with Crippen molar-refractivity contribution in [3.63, 3.8) is 0 Å². The Morgan fingerprint density at radius 1 is 1.25 bits per heavy atom. The summed E-state index contributed by atoms with van der Waals surface area (Å²) in [6.07, 6.45) is 0. The molecular formula is C16H14ClN5O2. The summed E-state index contributed by atoms with van der Waals surface area (Å²) in [5, 5.41) is 10.8. The zero-order chi connectivity index (χ0) is 17.1. The van der Waals surface area contributed by atoms with Crippen molar-refractivity contribution >= 4 is 29.0 Å². The van der Waals surface area contributed by atoms with Gasteiger partial charge >= 0.3 is 0 Å². The van der Waals surface area contributed by atoms with Crippen molar-refractivity contribution in [2.45, 2.75) is 0 Å². The summed E-state index contributed by atoms with van der Waals surface area (Å²) in [6.45, 7) is 0. The molecule has 0 bridgehead atoms. The van der Waals surface area contributed by atoms with Crippen LogP contribution in [0.4, 0.5) is 11.5 Å². The Hall–Kier alpha value is -3.06. The molecule has 1 heterocycles. The van der Waals surface area contributed by atoms with Gasteiger partial charge in [0.25, 0.3) is 5.91 Å². The molecule has 3 aromatic rings. The van der Waals surface area contributed by atoms with Gasteiger partial charge in [0, 0.05) is 6.07 Å². The summed E-state index contributed by atoms with van der Waals surface area (Å²) < 4.78 is 6.51. The molecule has 0 spiro atoms. The van der Waals surface area contributed by atoms with Crippen molar-refractivity contribution in [3.05, 3.63) is 59.2 Å². The number of hydrogen-bond donors (Lipinski definition) is 2. The van der Waals surface area contributed by atoms with Crippen LogP contribution in [-0.4, -0.2) is 28.0 Å². The normalized spacial score (nSPS) is 10.4. The van der Waals surface area contributed by atoms with Crippen LogP contribution in [0, 0.1) is 0 Å². The standard InChI is InChI=1S/C16H14ClN5O2/c1-24-11-7-8-12(17)13(9-11)19-16(23)14-15(18)22(21-20-14)10-5-3-2-4-6-10/h2-9H,18H2,1H3,(H,19,23). The van der Waals surface area contributed by atoms with Gasteiger partial charge in [-0.1, -0.05) is 35.0 Å². The molecular weight excluding hydrogens is 330 g/mol. The van der Waals surface area contributed by atoms with Crippen molar-refractivity contribution in [2.75, 3.05) is 18.2 Å². The van der Waals surface area contributed by atoms with E-state index in [1.165, 1.54) is 11.8 Å². The van der Waals surface area contributed by atoms with Crippen LogP contribution in [0.15, 0.2) is 48.5 Å². The summed E-state index contributed by atoms with van der Waals surface area (Å²) in [6, 6.07) is 14.1. The van der Waals surface area contributed by atoms with Crippen LogP contribution < -0.4 is 15.8 Å². The lowest BCUT2D eigenvalue weighted by Gasteiger charge is -2.08. The Morgan fingerprint density at radius 2 is 2.00 bits per heavy atom. The number of aromatic nitrogens is 3. The molecule has 0 unspecified atom stereocenters. The lowest BCUT2D eigenvalue weighted by Crippen LogP contribution is -2.15. The zero-order valence-corrected chi connectivity index (χ0v) is 13.5. The van der Waals surface area contributed by atoms with E-state index < -0.39 is 5.91 Å². The Kier molecular flexibility index (Phi) is 4.35. The Bertz CT molecular complexity index is 879. The minimum atomic E-state index is -0.509. The third kappa shape index (κ3) is 3.02. The number of nitrogens with one attached hydrogen (secondary N) is 1. The first-order valence-corrected chi connectivity index (χ1v) is 7.39. The summed E-state index contributed by atoms with van der Waals surface area (Å²) >= 11 is 6.08. The number of nitrogens with two attached hydrogens (primary N) is 1. The van der Waals surface area contributed by atoms with Gasteiger partial charge in [-0.15, -0.1) is 5.10 Å². The van der Waals surface area contributed by atoms with Crippen molar-refractivity contribution in [3.8, 4) is 11.4 Å². The van der Waals surface area contributed by atoms with Gasteiger partial charge in [-0.2, -0.15) is 4.68 Å². The number of anilines is 2. The first kappa shape index (κ1) is 15.8. The summed E-state index contributed by atoms with van der Waals surface area (Å²) in [5.41, 5.74) is 7.12. The van der Waals surface area contributed by atoms with E-state index >= 15 is 0 Å². The van der Waals surface area contributed by atoms with Gasteiger partial charge in [0.2, 0.25) is 0 Å². The van der Waals surface area contributed by atoms with Crippen molar-refractivity contribution in [2.24, 2.45) is 0 Å². The van der Waals surface area contributed by atoms with Gasteiger partial charge in [0.15, 0.2) is 11.5 Å². The van der Waals surface area contributed by atoms with Crippen molar-refractivity contribution in [1.82, 2.24) is 15.0 Å². The van der Waals surface area contributed by atoms with Crippen LogP contribution in [0.1, 0.15) is 10.5 Å². The molecule has 0 saturated heterocycles. The molecule has 0 aliphatic heterocycles. The number of halogens is 1. The number of para-hydroxylation sites is 1. The van der Waals surface area contributed by atoms with E-state index in [-0.39, 0.29) is 11.5 Å². The molecule has 0 radical (unpaired) electrons. The second-order valence-corrected chi connectivity index (χ2v) is 5.28. The maximum absolute atomic E-state index is 12.4. The number of carbonyl (C=O) groups is 1. The maximum Gasteiger partial charge on any atom is 0.280 e. The van der Waals surface area contributed by atoms with Crippen molar-refractivity contribution in [1.29, 1.82) is 0 Å². The molecule has 8 heteroatoms. The summed E-state index contributed by atoms with van der Waals surface area (Å²) in [5.74, 6) is 0.193. The molecule has 0 atom stereocenters. The van der Waals surface area contributed by atoms with Gasteiger partial charge in [-0.3, -0.25) is 4.79 Å². The molecule has 0 fully saturated rings. The molecule has 0 aliphatic rings. The minimum absolute atomic E-state index is 0.0118. The van der Waals surface area contributed by atoms with Crippen LogP contribution in [0.2, 0.25) is 5.02 Å². The molecule has 0 saturated carbocycles. The molecule has 2 aromatic carbocycles. The average Bonchev–Trinajstić information content (AvgIpc) is 2.99. The smallest absolute Gasteiger partial charge is 0.280 e. The fourth-order valence-corrected chi connectivity index (χ4v) is 2.28. The van der Waals surface area contributed by atoms with Crippen LogP contribution in [0.25, 0.3) is 5.69 Å². The summed E-state index contributed by atoms with van der Waals surface area (Å²) in [4.78, 5) is 12.4. The molecule has 1 aromatic heterocycles. The molecule has 1 amide bonds. The predicted molar refractivity (Wildman–Crippen MR) is 91.7 cm³/mol. The monoisotopic (exact) mass is 343 g/mol. The van der Waals surface area contributed by atoms with E-state index in [0.29, 0.717) is 22.1 Å². The number of nitrogen functional groups attached to an aromatic ring is 1. The number of rotatable bonds is 4. The Morgan fingerprint density at radius 3 is 2.71 bits per heavy atom. The average molecular weight is 344 g/mol. The van der Waals surface area contributed by atoms with E-state index in [4.69, 9.17) is 22.1 Å². The molecule has 0 aliphatic carbocycles. The van der Waals surface area contributed by atoms with Crippen LogP contribution >= 0.6 is 11.6 Å². The maximum atomic E-state index is 12.4. The van der Waals surface area contributed by atoms with Crippen LogP contribution in [0.5, 0.6) is 5.75 Å². The van der Waals surface area contributed by atoms with E-state index in [1.807, 2.05) is 30.3 Å². The second kappa shape index (κ2) is 6.59. The second-order valence-electron chi connectivity index (χ2n) is 4.87. The summed E-state index contributed by atoms with van der Waals surface area (Å²) in [7, 11) is 1.53. The zero-order valence-electron chi connectivity index (χ0n) is 12.7. The minimum Gasteiger partial charge on any atom is -0.497 e. The largest absolute Gasteiger partial charge is 0.497 e. The fraction of sp³-hybridized carbons (Fsp3) is 0.0625. The fourth-order valence-electron chi connectivity index (χ4n) is 2.12. The van der Waals surface area contributed by atoms with E-state index in [0.717, 1.165) is 0 Å². The van der Waals surface area contributed by atoms with Crippen molar-refractivity contribution < 1.29 is 9.53 Å². The van der Waals surface area contributed by atoms with Gasteiger partial charge in [0.1, 0.15) is 5.75 Å². The van der Waals surface area contributed by atoms with Crippen LogP contribution in [-0.2, 0) is 0 Å². The third-order valence-electron chi connectivity index (χ3n) is 3.34. The lowest BCUT2D eigenvalue weighted by molar-refractivity contribution is 0.102. The number of methoxy groups -OCH3 is 1. The number of carbonyl (C=O) groups excluding carboxylic acids is 1. The molecule has 3 rings (SSSR count). The van der Waals surface area contributed by atoms with Gasteiger partial charge in [-0.05, 0) is 24.3 Å². The third-order valence-corrected chi connectivity index (χ3v) is 3.67. The highest BCUT2D eigenvalue weighted by Crippen LogP contribution is 2.27. The number of benzene rings is 2. The van der Waals surface area contributed by atoms with Crippen LogP contribution in [0.3, 0.4) is 0 Å². The number of nitrogens with zero attached hydrogens (tertiary/aromatic N) is 3. The van der Waals surface area contributed by atoms with Gasteiger partial charge < -0.3 is 15.8 Å². The van der Waals surface area contributed by atoms with Gasteiger partial charge in [0.05, 0.1) is 23.5 Å². The predicted octanol–water partition coefficient (Wildman–Crippen LogP) is 2.76. The quantitative estimate of drug-likeness (QED) is 0.759. The van der Waals surface area contributed by atoms with E-state index in [9.17, 15) is 4.79 Å². The number of ether oxygens (including phenoxy) is 1. The highest BCUT2D eigenvalue weighted by molar-refractivity contribution is 6.34. The Balaban J connectivity index is 1.88. The van der Waals surface area contributed by atoms with E-state index in [2.05, 4.69) is 15.6 Å². The highest BCUT2D eigenvalue weighted by atomic mass is 35.5. The topological polar surface area (TPSA) is 95.1 Å². The highest BCUT2D eigenvalue weighted by Gasteiger charge is 2.19. The molecule has 122 valence electrons. The SMILES string of the molecule is COc1ccc(Cl)c(NC(=O)c2nnn(-c3ccccc3)c2N)c1. The first-order valence-electron chi connectivity index (χ1n) is 7.01. The molecule has 24 heavy (non-hydrogen) atoms. The molecule has 7 nitrogen and oxygen atoms in total. The molecule has 3 N–H and O–H groups in total. The number of hydrogen-bond acceptors (Lipinski definition) is 5. The first-order chi connectivity index (χ1) is 11.6. The number of amides is 1.